The van der Waals surface area contributed by atoms with Crippen molar-refractivity contribution < 1.29 is 14.3 Å². The van der Waals surface area contributed by atoms with E-state index >= 15 is 0 Å². The van der Waals surface area contributed by atoms with Crippen molar-refractivity contribution in [2.75, 3.05) is 13.3 Å². The number of hydrogen-bond acceptors (Lipinski definition) is 5. The maximum absolute atomic E-state index is 13.8. The van der Waals surface area contributed by atoms with Crippen molar-refractivity contribution in [2.45, 2.75) is 38.6 Å². The molecule has 0 saturated carbocycles. The van der Waals surface area contributed by atoms with E-state index in [1.54, 1.807) is 17.3 Å². The van der Waals surface area contributed by atoms with Gasteiger partial charge >= 0.3 is 0 Å². The number of rotatable bonds is 9. The number of nitriles is 1. The molecule has 1 amide bonds. The lowest BCUT2D eigenvalue weighted by Gasteiger charge is -2.25. The molecule has 1 atom stereocenters. The van der Waals surface area contributed by atoms with Crippen molar-refractivity contribution in [3.05, 3.63) is 89.4 Å². The van der Waals surface area contributed by atoms with Gasteiger partial charge in [-0.15, -0.1) is 0 Å². The molecule has 2 aromatic heterocycles. The van der Waals surface area contributed by atoms with Crippen molar-refractivity contribution in [3.63, 3.8) is 0 Å². The Kier molecular flexibility index (Phi) is 6.85. The Hall–Kier alpha value is -4.31. The quantitative estimate of drug-likeness (QED) is 0.350. The van der Waals surface area contributed by atoms with Gasteiger partial charge in [-0.25, -0.2) is 0 Å². The maximum atomic E-state index is 13.8. The third-order valence-electron chi connectivity index (χ3n) is 6.71. The summed E-state index contributed by atoms with van der Waals surface area (Å²) in [7, 11) is 0. The van der Waals surface area contributed by atoms with E-state index in [2.05, 4.69) is 41.2 Å². The molecule has 182 valence electrons. The van der Waals surface area contributed by atoms with Gasteiger partial charge in [0.05, 0.1) is 12.5 Å². The van der Waals surface area contributed by atoms with Gasteiger partial charge in [-0.3, -0.25) is 9.78 Å². The first-order chi connectivity index (χ1) is 17.7. The number of nitrogens with one attached hydrogen (secondary N) is 1. The number of carbonyl (C=O) groups excluding carboxylic acids is 1. The fourth-order valence-electron chi connectivity index (χ4n) is 4.85. The van der Waals surface area contributed by atoms with Crippen LogP contribution in [-0.4, -0.2) is 34.1 Å². The van der Waals surface area contributed by atoms with E-state index in [0.29, 0.717) is 24.6 Å². The number of para-hydroxylation sites is 1. The lowest BCUT2D eigenvalue weighted by molar-refractivity contribution is -0.132. The van der Waals surface area contributed by atoms with Crippen LogP contribution in [0.5, 0.6) is 11.5 Å². The molecule has 7 nitrogen and oxygen atoms in total. The first-order valence-corrected chi connectivity index (χ1v) is 12.2. The van der Waals surface area contributed by atoms with Gasteiger partial charge in [0, 0.05) is 54.9 Å². The van der Waals surface area contributed by atoms with Gasteiger partial charge in [0.1, 0.15) is 0 Å². The number of pyridine rings is 1. The zero-order valence-electron chi connectivity index (χ0n) is 20.2. The molecule has 3 heterocycles. The van der Waals surface area contributed by atoms with Crippen molar-refractivity contribution in [1.82, 2.24) is 14.9 Å². The molecular formula is C29H28N4O3. The zero-order valence-corrected chi connectivity index (χ0v) is 20.2. The summed E-state index contributed by atoms with van der Waals surface area (Å²) in [5.41, 5.74) is 5.32. The van der Waals surface area contributed by atoms with E-state index in [4.69, 9.17) is 9.47 Å². The molecule has 0 aliphatic carbocycles. The first-order valence-electron chi connectivity index (χ1n) is 12.2. The molecule has 2 aromatic carbocycles. The number of H-pyrrole nitrogens is 1. The molecule has 1 aliphatic rings. The molecule has 7 heteroatoms. The molecule has 0 radical (unpaired) electrons. The minimum absolute atomic E-state index is 0.0160. The summed E-state index contributed by atoms with van der Waals surface area (Å²) in [6.45, 7) is 3.12. The number of ether oxygens (including phenoxy) is 2. The number of aromatic amines is 1. The van der Waals surface area contributed by atoms with E-state index in [9.17, 15) is 10.1 Å². The maximum Gasteiger partial charge on any atom is 0.231 e. The van der Waals surface area contributed by atoms with Crippen LogP contribution < -0.4 is 9.47 Å². The number of benzene rings is 2. The molecule has 1 aliphatic heterocycles. The molecular weight excluding hydrogens is 452 g/mol. The van der Waals surface area contributed by atoms with Crippen molar-refractivity contribution in [1.29, 1.82) is 5.26 Å². The molecule has 0 spiro atoms. The number of carbonyl (C=O) groups is 1. The van der Waals surface area contributed by atoms with Crippen LogP contribution in [0.2, 0.25) is 0 Å². The Morgan fingerprint density at radius 3 is 2.89 bits per heavy atom. The number of aromatic nitrogens is 2. The normalized spacial score (nSPS) is 12.9. The van der Waals surface area contributed by atoms with Crippen LogP contribution >= 0.6 is 0 Å². The zero-order chi connectivity index (χ0) is 24.9. The summed E-state index contributed by atoms with van der Waals surface area (Å²) in [6.07, 6.45) is 6.93. The van der Waals surface area contributed by atoms with Crippen molar-refractivity contribution in [2.24, 2.45) is 0 Å². The molecule has 1 unspecified atom stereocenters. The number of fused-ring (bicyclic) bond motifs is 2. The molecule has 36 heavy (non-hydrogen) atoms. The number of aryl methyl sites for hydroxylation is 1. The van der Waals surface area contributed by atoms with Crippen LogP contribution in [0.3, 0.4) is 0 Å². The second-order valence-electron chi connectivity index (χ2n) is 8.89. The molecule has 0 saturated heterocycles. The van der Waals surface area contributed by atoms with Gasteiger partial charge < -0.3 is 19.4 Å². The second-order valence-corrected chi connectivity index (χ2v) is 8.89. The largest absolute Gasteiger partial charge is 0.454 e. The predicted molar refractivity (Wildman–Crippen MR) is 137 cm³/mol. The van der Waals surface area contributed by atoms with E-state index in [0.717, 1.165) is 34.0 Å². The van der Waals surface area contributed by atoms with Gasteiger partial charge in [-0.05, 0) is 46.9 Å². The highest BCUT2D eigenvalue weighted by molar-refractivity contribution is 5.88. The van der Waals surface area contributed by atoms with Crippen LogP contribution in [0.1, 0.15) is 47.9 Å². The highest BCUT2D eigenvalue weighted by atomic mass is 16.7. The van der Waals surface area contributed by atoms with Crippen molar-refractivity contribution in [3.8, 4) is 17.6 Å². The van der Waals surface area contributed by atoms with Gasteiger partial charge in [0.15, 0.2) is 11.5 Å². The summed E-state index contributed by atoms with van der Waals surface area (Å²) in [5, 5.41) is 10.3. The molecule has 0 fully saturated rings. The van der Waals surface area contributed by atoms with Gasteiger partial charge in [-0.2, -0.15) is 5.26 Å². The van der Waals surface area contributed by atoms with Gasteiger partial charge in [0.25, 0.3) is 0 Å². The lowest BCUT2D eigenvalue weighted by atomic mass is 9.87. The third kappa shape index (κ3) is 4.76. The average Bonchev–Trinajstić information content (AvgIpc) is 3.56. The number of hydrogen-bond donors (Lipinski definition) is 1. The smallest absolute Gasteiger partial charge is 0.231 e. The standard InChI is InChI=1S/C29H28N4O3/c1-2-21-7-3-8-23-25(17-32-29(21)23)24(22-9-10-26-27(14-22)36-19-35-26)15-28(34)33(13-5-11-30)18-20-6-4-12-31-16-20/h3-4,6-10,12,14,16-17,24,32H,2,5,13,15,18-19H2,1H3. The Labute approximate surface area is 210 Å². The van der Waals surface area contributed by atoms with Gasteiger partial charge in [0.2, 0.25) is 12.7 Å². The molecule has 5 rings (SSSR count). The predicted octanol–water partition coefficient (Wildman–Crippen LogP) is 5.32. The van der Waals surface area contributed by atoms with Gasteiger partial charge in [-0.1, -0.05) is 37.3 Å². The van der Waals surface area contributed by atoms with Crippen molar-refractivity contribution >= 4 is 16.8 Å². The highest BCUT2D eigenvalue weighted by Crippen LogP contribution is 2.40. The van der Waals surface area contributed by atoms with Crippen LogP contribution in [0, 0.1) is 11.3 Å². The van der Waals surface area contributed by atoms with Crippen LogP contribution in [-0.2, 0) is 17.8 Å². The summed E-state index contributed by atoms with van der Waals surface area (Å²) in [6, 6.07) is 18.2. The minimum Gasteiger partial charge on any atom is -0.454 e. The fourth-order valence-corrected chi connectivity index (χ4v) is 4.85. The summed E-state index contributed by atoms with van der Waals surface area (Å²) < 4.78 is 11.2. The number of amides is 1. The van der Waals surface area contributed by atoms with E-state index in [1.807, 2.05) is 36.5 Å². The van der Waals surface area contributed by atoms with Crippen LogP contribution in [0.15, 0.2) is 67.1 Å². The molecule has 0 bridgehead atoms. The Bertz CT molecular complexity index is 1410. The third-order valence-corrected chi connectivity index (χ3v) is 6.71. The van der Waals surface area contributed by atoms with E-state index < -0.39 is 0 Å². The second kappa shape index (κ2) is 10.5. The molecule has 1 N–H and O–H groups in total. The fraction of sp³-hybridized carbons (Fsp3) is 0.276. The summed E-state index contributed by atoms with van der Waals surface area (Å²) >= 11 is 0. The summed E-state index contributed by atoms with van der Waals surface area (Å²) in [5.74, 6) is 1.18. The van der Waals surface area contributed by atoms with E-state index in [1.165, 1.54) is 5.56 Å². The SMILES string of the molecule is CCc1cccc2c(C(CC(=O)N(CCC#N)Cc3cccnc3)c3ccc4c(c3)OCO4)c[nH]c12. The lowest BCUT2D eigenvalue weighted by Crippen LogP contribution is -2.32. The Balaban J connectivity index is 1.52. The molecule has 4 aromatic rings. The topological polar surface area (TPSA) is 91.2 Å². The minimum atomic E-state index is -0.202. The monoisotopic (exact) mass is 480 g/mol. The number of nitrogens with zero attached hydrogens (tertiary/aromatic N) is 3. The summed E-state index contributed by atoms with van der Waals surface area (Å²) in [4.78, 5) is 23.1. The van der Waals surface area contributed by atoms with E-state index in [-0.39, 0.29) is 31.5 Å². The Morgan fingerprint density at radius 1 is 1.19 bits per heavy atom. The highest BCUT2D eigenvalue weighted by Gasteiger charge is 2.27. The first kappa shape index (κ1) is 23.4. The van der Waals surface area contributed by atoms with Crippen LogP contribution in [0.25, 0.3) is 10.9 Å². The van der Waals surface area contributed by atoms with Crippen LogP contribution in [0.4, 0.5) is 0 Å². The average molecular weight is 481 g/mol. The Morgan fingerprint density at radius 2 is 2.08 bits per heavy atom.